The molecule has 2 aliphatic rings. The molecule has 0 saturated heterocycles. The lowest BCUT2D eigenvalue weighted by Crippen LogP contribution is -2.44. The summed E-state index contributed by atoms with van der Waals surface area (Å²) in [6.07, 6.45) is 12.7. The first-order valence-electron chi connectivity index (χ1n) is 8.30. The highest BCUT2D eigenvalue weighted by Crippen LogP contribution is 2.26. The Morgan fingerprint density at radius 1 is 1.00 bits per heavy atom. The number of hydrogen-bond acceptors (Lipinski definition) is 2. The van der Waals surface area contributed by atoms with Crippen LogP contribution in [0.15, 0.2) is 0 Å². The summed E-state index contributed by atoms with van der Waals surface area (Å²) in [6, 6.07) is 1.01. The van der Waals surface area contributed by atoms with E-state index in [-0.39, 0.29) is 5.91 Å². The smallest absolute Gasteiger partial charge is 0.234 e. The third-order valence-electron chi connectivity index (χ3n) is 4.88. The zero-order valence-electron chi connectivity index (χ0n) is 12.4. The van der Waals surface area contributed by atoms with Gasteiger partial charge in [-0.15, -0.1) is 0 Å². The number of hydrogen-bond donors (Lipinski definition) is 2. The van der Waals surface area contributed by atoms with Gasteiger partial charge in [0.2, 0.25) is 5.91 Å². The Kier molecular flexibility index (Phi) is 6.15. The first-order chi connectivity index (χ1) is 9.28. The highest BCUT2D eigenvalue weighted by molar-refractivity contribution is 5.78. The van der Waals surface area contributed by atoms with Crippen molar-refractivity contribution in [1.82, 2.24) is 10.6 Å². The molecule has 19 heavy (non-hydrogen) atoms. The molecule has 0 heterocycles. The molecule has 3 nitrogen and oxygen atoms in total. The largest absolute Gasteiger partial charge is 0.352 e. The zero-order chi connectivity index (χ0) is 13.5. The van der Waals surface area contributed by atoms with E-state index in [1.807, 2.05) is 0 Å². The van der Waals surface area contributed by atoms with Crippen molar-refractivity contribution < 1.29 is 4.79 Å². The number of carbonyl (C=O) groups excluding carboxylic acids is 1. The minimum Gasteiger partial charge on any atom is -0.352 e. The van der Waals surface area contributed by atoms with Crippen LogP contribution < -0.4 is 10.6 Å². The van der Waals surface area contributed by atoms with Gasteiger partial charge in [-0.05, 0) is 31.6 Å². The Balaban J connectivity index is 1.62. The maximum atomic E-state index is 11.9. The van der Waals surface area contributed by atoms with Crippen molar-refractivity contribution in [3.8, 4) is 0 Å². The molecule has 0 spiro atoms. The van der Waals surface area contributed by atoms with E-state index in [1.165, 1.54) is 64.2 Å². The van der Waals surface area contributed by atoms with E-state index in [1.54, 1.807) is 0 Å². The van der Waals surface area contributed by atoms with E-state index in [4.69, 9.17) is 0 Å². The number of rotatable bonds is 5. The summed E-state index contributed by atoms with van der Waals surface area (Å²) >= 11 is 0. The molecule has 0 aromatic heterocycles. The Morgan fingerprint density at radius 3 is 2.47 bits per heavy atom. The Morgan fingerprint density at radius 2 is 1.74 bits per heavy atom. The third kappa shape index (κ3) is 5.13. The molecular formula is C16H30N2O. The number of carbonyl (C=O) groups is 1. The molecule has 3 heteroatoms. The van der Waals surface area contributed by atoms with Gasteiger partial charge in [0.05, 0.1) is 6.54 Å². The van der Waals surface area contributed by atoms with Gasteiger partial charge >= 0.3 is 0 Å². The van der Waals surface area contributed by atoms with Crippen LogP contribution in [-0.4, -0.2) is 24.5 Å². The molecule has 0 aliphatic heterocycles. The summed E-state index contributed by atoms with van der Waals surface area (Å²) in [5, 5.41) is 6.65. The maximum Gasteiger partial charge on any atom is 0.234 e. The van der Waals surface area contributed by atoms with Crippen molar-refractivity contribution >= 4 is 5.91 Å². The van der Waals surface area contributed by atoms with Gasteiger partial charge in [0.25, 0.3) is 0 Å². The average Bonchev–Trinajstić information content (AvgIpc) is 2.46. The van der Waals surface area contributed by atoms with Crippen LogP contribution in [-0.2, 0) is 4.79 Å². The summed E-state index contributed by atoms with van der Waals surface area (Å²) in [5.41, 5.74) is 0. The van der Waals surface area contributed by atoms with Gasteiger partial charge in [0.15, 0.2) is 0 Å². The van der Waals surface area contributed by atoms with Crippen LogP contribution in [0.25, 0.3) is 0 Å². The Labute approximate surface area is 117 Å². The van der Waals surface area contributed by atoms with Crippen molar-refractivity contribution in [1.29, 1.82) is 0 Å². The summed E-state index contributed by atoms with van der Waals surface area (Å²) in [7, 11) is 0. The van der Waals surface area contributed by atoms with Gasteiger partial charge in [-0.2, -0.15) is 0 Å². The van der Waals surface area contributed by atoms with Crippen molar-refractivity contribution in [3.63, 3.8) is 0 Å². The molecular weight excluding hydrogens is 236 g/mol. The zero-order valence-corrected chi connectivity index (χ0v) is 12.4. The Hall–Kier alpha value is -0.570. The van der Waals surface area contributed by atoms with Gasteiger partial charge in [-0.1, -0.05) is 45.4 Å². The normalized spacial score (nSPS) is 29.1. The van der Waals surface area contributed by atoms with Crippen LogP contribution in [0.5, 0.6) is 0 Å². The van der Waals surface area contributed by atoms with E-state index >= 15 is 0 Å². The predicted molar refractivity (Wildman–Crippen MR) is 79.1 cm³/mol. The molecule has 2 rings (SSSR count). The van der Waals surface area contributed by atoms with Crippen LogP contribution in [0.4, 0.5) is 0 Å². The van der Waals surface area contributed by atoms with Gasteiger partial charge in [0, 0.05) is 12.1 Å². The molecule has 2 unspecified atom stereocenters. The summed E-state index contributed by atoms with van der Waals surface area (Å²) in [4.78, 5) is 11.9. The molecule has 0 bridgehead atoms. The lowest BCUT2D eigenvalue weighted by molar-refractivity contribution is -0.121. The molecule has 2 N–H and O–H groups in total. The van der Waals surface area contributed by atoms with E-state index in [2.05, 4.69) is 17.6 Å². The molecule has 0 aromatic rings. The third-order valence-corrected chi connectivity index (χ3v) is 4.88. The maximum absolute atomic E-state index is 11.9. The topological polar surface area (TPSA) is 41.1 Å². The fraction of sp³-hybridized carbons (Fsp3) is 0.938. The SMILES string of the molecule is CCC1CCCC(NCC(=O)NC2CCCCC2)C1. The Bertz CT molecular complexity index is 274. The fourth-order valence-corrected chi connectivity index (χ4v) is 3.61. The first-order valence-corrected chi connectivity index (χ1v) is 8.30. The van der Waals surface area contributed by atoms with Crippen LogP contribution in [0.1, 0.15) is 71.1 Å². The van der Waals surface area contributed by atoms with Gasteiger partial charge in [0.1, 0.15) is 0 Å². The van der Waals surface area contributed by atoms with Gasteiger partial charge < -0.3 is 10.6 Å². The molecule has 110 valence electrons. The van der Waals surface area contributed by atoms with E-state index in [0.29, 0.717) is 18.6 Å². The lowest BCUT2D eigenvalue weighted by atomic mass is 9.84. The standard InChI is InChI=1S/C16H30N2O/c1-2-13-7-6-10-15(11-13)17-12-16(19)18-14-8-4-3-5-9-14/h13-15,17H,2-12H2,1H3,(H,18,19). The highest BCUT2D eigenvalue weighted by Gasteiger charge is 2.21. The van der Waals surface area contributed by atoms with Crippen molar-refractivity contribution in [2.45, 2.75) is 83.2 Å². The molecule has 2 saturated carbocycles. The summed E-state index contributed by atoms with van der Waals surface area (Å²) in [5.74, 6) is 1.07. The van der Waals surface area contributed by atoms with E-state index < -0.39 is 0 Å². The second kappa shape index (κ2) is 7.88. The number of amides is 1. The molecule has 1 amide bonds. The molecule has 0 aromatic carbocycles. The van der Waals surface area contributed by atoms with Crippen LogP contribution in [0.3, 0.4) is 0 Å². The monoisotopic (exact) mass is 266 g/mol. The van der Waals surface area contributed by atoms with Crippen molar-refractivity contribution in [2.24, 2.45) is 5.92 Å². The van der Waals surface area contributed by atoms with Crippen LogP contribution in [0.2, 0.25) is 0 Å². The number of nitrogens with one attached hydrogen (secondary N) is 2. The quantitative estimate of drug-likeness (QED) is 0.803. The van der Waals surface area contributed by atoms with Crippen molar-refractivity contribution in [2.75, 3.05) is 6.54 Å². The fourth-order valence-electron chi connectivity index (χ4n) is 3.61. The molecule has 2 fully saturated rings. The minimum atomic E-state index is 0.200. The molecule has 2 atom stereocenters. The van der Waals surface area contributed by atoms with Crippen molar-refractivity contribution in [3.05, 3.63) is 0 Å². The first kappa shape index (κ1) is 14.8. The minimum absolute atomic E-state index is 0.200. The van der Waals surface area contributed by atoms with E-state index in [0.717, 1.165) is 5.92 Å². The highest BCUT2D eigenvalue weighted by atomic mass is 16.1. The summed E-state index contributed by atoms with van der Waals surface area (Å²) < 4.78 is 0. The van der Waals surface area contributed by atoms with Gasteiger partial charge in [-0.25, -0.2) is 0 Å². The van der Waals surface area contributed by atoms with E-state index in [9.17, 15) is 4.79 Å². The molecule has 2 aliphatic carbocycles. The second-order valence-electron chi connectivity index (χ2n) is 6.42. The van der Waals surface area contributed by atoms with Gasteiger partial charge in [-0.3, -0.25) is 4.79 Å². The summed E-state index contributed by atoms with van der Waals surface area (Å²) in [6.45, 7) is 2.79. The van der Waals surface area contributed by atoms with Crippen LogP contribution in [0, 0.1) is 5.92 Å². The average molecular weight is 266 g/mol. The van der Waals surface area contributed by atoms with Crippen LogP contribution >= 0.6 is 0 Å². The second-order valence-corrected chi connectivity index (χ2v) is 6.42. The lowest BCUT2D eigenvalue weighted by Gasteiger charge is -2.29. The molecule has 0 radical (unpaired) electrons. The predicted octanol–water partition coefficient (Wildman–Crippen LogP) is 2.99.